The Morgan fingerprint density at radius 2 is 2.24 bits per heavy atom. The molecule has 0 aliphatic heterocycles. The first kappa shape index (κ1) is 15.5. The van der Waals surface area contributed by atoms with Crippen molar-refractivity contribution in [1.82, 2.24) is 5.43 Å². The summed E-state index contributed by atoms with van der Waals surface area (Å²) in [4.78, 5) is 22.9. The quantitative estimate of drug-likeness (QED) is 0.869. The monoisotopic (exact) mass is 308 g/mol. The third-order valence-electron chi connectivity index (χ3n) is 3.16. The Bertz CT molecular complexity index is 584. The van der Waals surface area contributed by atoms with Crippen LogP contribution in [0.4, 0.5) is 0 Å². The molecule has 1 aromatic carbocycles. The Balaban J connectivity index is 1.82. The molecule has 1 aliphatic rings. The van der Waals surface area contributed by atoms with E-state index < -0.39 is 0 Å². The van der Waals surface area contributed by atoms with Crippen molar-refractivity contribution in [3.05, 3.63) is 28.8 Å². The summed E-state index contributed by atoms with van der Waals surface area (Å²) in [5.41, 5.74) is 4.00. The second kappa shape index (κ2) is 7.22. The first-order chi connectivity index (χ1) is 10.0. The minimum atomic E-state index is -0.352. The Hall–Kier alpha value is -1.88. The average Bonchev–Trinajstić information content (AvgIpc) is 2.44. The van der Waals surface area contributed by atoms with E-state index in [1.807, 2.05) is 6.92 Å². The van der Waals surface area contributed by atoms with Gasteiger partial charge in [-0.1, -0.05) is 11.6 Å². The van der Waals surface area contributed by atoms with Crippen LogP contribution in [0.2, 0.25) is 5.02 Å². The molecule has 0 bridgehead atoms. The fourth-order valence-corrected chi connectivity index (χ4v) is 2.31. The standard InChI is InChI=1S/C15H17ClN2O3/c1-10-7-11(16)5-6-14(10)21-9-15(20)18-17-12-3-2-4-13(19)8-12/h5-7H,2-4,8-9H2,1H3,(H,18,20). The second-order valence-corrected chi connectivity index (χ2v) is 5.42. The van der Waals surface area contributed by atoms with Crippen molar-refractivity contribution in [2.75, 3.05) is 6.61 Å². The van der Waals surface area contributed by atoms with Gasteiger partial charge < -0.3 is 4.74 Å². The van der Waals surface area contributed by atoms with E-state index in [4.69, 9.17) is 16.3 Å². The first-order valence-electron chi connectivity index (χ1n) is 6.79. The predicted molar refractivity (Wildman–Crippen MR) is 80.7 cm³/mol. The van der Waals surface area contributed by atoms with Gasteiger partial charge in [-0.15, -0.1) is 0 Å². The molecule has 0 saturated heterocycles. The number of hydrogen-bond acceptors (Lipinski definition) is 4. The lowest BCUT2D eigenvalue weighted by Crippen LogP contribution is -2.27. The number of amides is 1. The molecule has 1 amide bonds. The number of Topliss-reactive ketones (excluding diaryl/α,β-unsaturated/α-hetero) is 1. The zero-order chi connectivity index (χ0) is 15.2. The summed E-state index contributed by atoms with van der Waals surface area (Å²) in [6.45, 7) is 1.72. The zero-order valence-electron chi connectivity index (χ0n) is 11.8. The van der Waals surface area contributed by atoms with Gasteiger partial charge in [-0.2, -0.15) is 5.10 Å². The summed E-state index contributed by atoms with van der Waals surface area (Å²) in [6, 6.07) is 5.19. The molecule has 0 heterocycles. The fraction of sp³-hybridized carbons (Fsp3) is 0.400. The van der Waals surface area contributed by atoms with E-state index in [1.54, 1.807) is 18.2 Å². The van der Waals surface area contributed by atoms with E-state index in [1.165, 1.54) is 0 Å². The van der Waals surface area contributed by atoms with E-state index in [0.29, 0.717) is 23.6 Å². The highest BCUT2D eigenvalue weighted by Gasteiger charge is 2.14. The summed E-state index contributed by atoms with van der Waals surface area (Å²) in [6.07, 6.45) is 2.49. The lowest BCUT2D eigenvalue weighted by Gasteiger charge is -2.12. The molecule has 112 valence electrons. The lowest BCUT2D eigenvalue weighted by atomic mass is 9.97. The molecule has 1 aromatic rings. The predicted octanol–water partition coefficient (Wildman–Crippen LogP) is 2.64. The van der Waals surface area contributed by atoms with Crippen LogP contribution in [-0.4, -0.2) is 24.0 Å². The molecule has 1 fully saturated rings. The number of carbonyl (C=O) groups is 2. The van der Waals surface area contributed by atoms with Crippen LogP contribution in [0.1, 0.15) is 31.2 Å². The van der Waals surface area contributed by atoms with Crippen molar-refractivity contribution >= 4 is 29.0 Å². The number of aryl methyl sites for hydroxylation is 1. The van der Waals surface area contributed by atoms with Crippen molar-refractivity contribution in [2.45, 2.75) is 32.6 Å². The number of hydrazone groups is 1. The molecule has 2 rings (SSSR count). The molecule has 5 nitrogen and oxygen atoms in total. The summed E-state index contributed by atoms with van der Waals surface area (Å²) in [5, 5.41) is 4.60. The van der Waals surface area contributed by atoms with E-state index in [0.717, 1.165) is 24.1 Å². The molecule has 0 unspecified atom stereocenters. The lowest BCUT2D eigenvalue weighted by molar-refractivity contribution is -0.123. The first-order valence-corrected chi connectivity index (χ1v) is 7.17. The average molecular weight is 309 g/mol. The number of nitrogens with one attached hydrogen (secondary N) is 1. The largest absolute Gasteiger partial charge is 0.483 e. The SMILES string of the molecule is Cc1cc(Cl)ccc1OCC(=O)NN=C1CCCC(=O)C1. The maximum Gasteiger partial charge on any atom is 0.277 e. The van der Waals surface area contributed by atoms with Crippen LogP contribution in [0.3, 0.4) is 0 Å². The van der Waals surface area contributed by atoms with Crippen molar-refractivity contribution in [1.29, 1.82) is 0 Å². The Labute approximate surface area is 128 Å². The minimum Gasteiger partial charge on any atom is -0.483 e. The third-order valence-corrected chi connectivity index (χ3v) is 3.39. The normalized spacial score (nSPS) is 16.9. The van der Waals surface area contributed by atoms with Crippen molar-refractivity contribution < 1.29 is 14.3 Å². The van der Waals surface area contributed by atoms with Crippen LogP contribution in [-0.2, 0) is 9.59 Å². The van der Waals surface area contributed by atoms with Crippen molar-refractivity contribution in [3.63, 3.8) is 0 Å². The van der Waals surface area contributed by atoms with Crippen LogP contribution in [0, 0.1) is 6.92 Å². The van der Waals surface area contributed by atoms with Gasteiger partial charge >= 0.3 is 0 Å². The fourth-order valence-electron chi connectivity index (χ4n) is 2.08. The van der Waals surface area contributed by atoms with Crippen molar-refractivity contribution in [3.8, 4) is 5.75 Å². The van der Waals surface area contributed by atoms with Crippen LogP contribution >= 0.6 is 11.6 Å². The van der Waals surface area contributed by atoms with Crippen LogP contribution in [0.25, 0.3) is 0 Å². The summed E-state index contributed by atoms with van der Waals surface area (Å²) < 4.78 is 5.41. The van der Waals surface area contributed by atoms with E-state index >= 15 is 0 Å². The van der Waals surface area contributed by atoms with E-state index in [2.05, 4.69) is 10.5 Å². The number of halogens is 1. The molecule has 0 radical (unpaired) electrons. The van der Waals surface area contributed by atoms with E-state index in [9.17, 15) is 9.59 Å². The molecular weight excluding hydrogens is 292 g/mol. The highest BCUT2D eigenvalue weighted by atomic mass is 35.5. The molecule has 0 spiro atoms. The third kappa shape index (κ3) is 4.86. The Morgan fingerprint density at radius 1 is 1.43 bits per heavy atom. The van der Waals surface area contributed by atoms with Gasteiger partial charge in [0, 0.05) is 23.6 Å². The number of ketones is 1. The molecule has 0 aromatic heterocycles. The topological polar surface area (TPSA) is 67.8 Å². The maximum atomic E-state index is 11.7. The van der Waals surface area contributed by atoms with Gasteiger partial charge in [-0.05, 0) is 43.5 Å². The summed E-state index contributed by atoms with van der Waals surface area (Å²) in [7, 11) is 0. The van der Waals surface area contributed by atoms with Gasteiger partial charge in [0.1, 0.15) is 11.5 Å². The number of benzene rings is 1. The number of hydrogen-bond donors (Lipinski definition) is 1. The minimum absolute atomic E-state index is 0.132. The van der Waals surface area contributed by atoms with Gasteiger partial charge in [0.05, 0.1) is 0 Å². The molecule has 21 heavy (non-hydrogen) atoms. The summed E-state index contributed by atoms with van der Waals surface area (Å²) >= 11 is 5.85. The zero-order valence-corrected chi connectivity index (χ0v) is 12.6. The van der Waals surface area contributed by atoms with Crippen molar-refractivity contribution in [2.24, 2.45) is 5.10 Å². The number of rotatable bonds is 4. The van der Waals surface area contributed by atoms with Crippen LogP contribution in [0.15, 0.2) is 23.3 Å². The highest BCUT2D eigenvalue weighted by Crippen LogP contribution is 2.21. The van der Waals surface area contributed by atoms with Gasteiger partial charge in [0.25, 0.3) is 5.91 Å². The Morgan fingerprint density at radius 3 is 2.95 bits per heavy atom. The van der Waals surface area contributed by atoms with Gasteiger partial charge in [-0.25, -0.2) is 5.43 Å². The van der Waals surface area contributed by atoms with Gasteiger partial charge in [-0.3, -0.25) is 9.59 Å². The summed E-state index contributed by atoms with van der Waals surface area (Å²) in [5.74, 6) is 0.423. The molecule has 1 N–H and O–H groups in total. The molecular formula is C15H17ClN2O3. The molecule has 1 aliphatic carbocycles. The van der Waals surface area contributed by atoms with E-state index in [-0.39, 0.29) is 18.3 Å². The number of nitrogens with zero attached hydrogens (tertiary/aromatic N) is 1. The van der Waals surface area contributed by atoms with Crippen LogP contribution < -0.4 is 10.2 Å². The molecule has 6 heteroatoms. The molecule has 0 atom stereocenters. The van der Waals surface area contributed by atoms with Gasteiger partial charge in [0.2, 0.25) is 0 Å². The Kier molecular flexibility index (Phi) is 5.33. The number of carbonyl (C=O) groups excluding carboxylic acids is 2. The smallest absolute Gasteiger partial charge is 0.277 e. The van der Waals surface area contributed by atoms with Crippen LogP contribution in [0.5, 0.6) is 5.75 Å². The molecule has 1 saturated carbocycles. The number of ether oxygens (including phenoxy) is 1. The second-order valence-electron chi connectivity index (χ2n) is 4.98. The highest BCUT2D eigenvalue weighted by molar-refractivity contribution is 6.30. The van der Waals surface area contributed by atoms with Gasteiger partial charge in [0.15, 0.2) is 6.61 Å². The maximum absolute atomic E-state index is 11.7.